The molecule has 0 aliphatic carbocycles. The first-order valence-electron chi connectivity index (χ1n) is 6.71. The van der Waals surface area contributed by atoms with E-state index in [1.165, 1.54) is 0 Å². The lowest BCUT2D eigenvalue weighted by atomic mass is 10.1. The third-order valence-electron chi connectivity index (χ3n) is 3.84. The highest BCUT2D eigenvalue weighted by atomic mass is 16.2. The second-order valence-electron chi connectivity index (χ2n) is 5.01. The van der Waals surface area contributed by atoms with Crippen LogP contribution < -0.4 is 5.73 Å². The zero-order valence-electron chi connectivity index (χ0n) is 10.8. The van der Waals surface area contributed by atoms with Gasteiger partial charge in [0.2, 0.25) is 5.91 Å². The molecule has 1 saturated heterocycles. The highest BCUT2D eigenvalue weighted by Gasteiger charge is 2.27. The number of aromatic nitrogens is 2. The average Bonchev–Trinajstić information content (AvgIpc) is 3.05. The molecule has 1 aromatic carbocycles. The molecule has 0 spiro atoms. The quantitative estimate of drug-likeness (QED) is 0.864. The predicted octanol–water partition coefficient (Wildman–Crippen LogP) is 1.06. The average molecular weight is 258 g/mol. The SMILES string of the molecule is NCC1CCCN1C(=O)Cc1[nH]nc2ccccc12. The number of amides is 1. The molecule has 0 bridgehead atoms. The molecule has 1 fully saturated rings. The van der Waals surface area contributed by atoms with Crippen molar-refractivity contribution in [3.05, 3.63) is 30.0 Å². The van der Waals surface area contributed by atoms with Gasteiger partial charge in [0.05, 0.1) is 17.6 Å². The molecule has 2 aromatic rings. The number of rotatable bonds is 3. The van der Waals surface area contributed by atoms with E-state index in [4.69, 9.17) is 5.73 Å². The topological polar surface area (TPSA) is 75.0 Å². The molecule has 5 heteroatoms. The zero-order valence-corrected chi connectivity index (χ0v) is 10.8. The number of hydrogen-bond donors (Lipinski definition) is 2. The van der Waals surface area contributed by atoms with Crippen LogP contribution in [0, 0.1) is 0 Å². The molecular formula is C14H18N4O. The van der Waals surface area contributed by atoms with E-state index in [9.17, 15) is 4.79 Å². The minimum atomic E-state index is 0.141. The number of carbonyl (C=O) groups is 1. The van der Waals surface area contributed by atoms with Gasteiger partial charge in [-0.05, 0) is 18.9 Å². The number of carbonyl (C=O) groups excluding carboxylic acids is 1. The third kappa shape index (κ3) is 2.21. The van der Waals surface area contributed by atoms with Crippen molar-refractivity contribution < 1.29 is 4.79 Å². The normalized spacial score (nSPS) is 19.2. The molecule has 19 heavy (non-hydrogen) atoms. The van der Waals surface area contributed by atoms with E-state index in [2.05, 4.69) is 10.2 Å². The highest BCUT2D eigenvalue weighted by molar-refractivity contribution is 5.87. The van der Waals surface area contributed by atoms with Gasteiger partial charge in [-0.25, -0.2) is 0 Å². The van der Waals surface area contributed by atoms with Crippen molar-refractivity contribution in [1.82, 2.24) is 15.1 Å². The lowest BCUT2D eigenvalue weighted by Crippen LogP contribution is -2.40. The summed E-state index contributed by atoms with van der Waals surface area (Å²) in [5, 5.41) is 8.22. The second-order valence-corrected chi connectivity index (χ2v) is 5.01. The summed E-state index contributed by atoms with van der Waals surface area (Å²) in [4.78, 5) is 14.3. The van der Waals surface area contributed by atoms with Crippen molar-refractivity contribution in [2.24, 2.45) is 5.73 Å². The number of benzene rings is 1. The molecule has 5 nitrogen and oxygen atoms in total. The van der Waals surface area contributed by atoms with Gasteiger partial charge >= 0.3 is 0 Å². The van der Waals surface area contributed by atoms with E-state index in [1.54, 1.807) is 0 Å². The van der Waals surface area contributed by atoms with Crippen LogP contribution in [-0.2, 0) is 11.2 Å². The Bertz CT molecular complexity index is 592. The van der Waals surface area contributed by atoms with E-state index >= 15 is 0 Å². The number of fused-ring (bicyclic) bond motifs is 1. The summed E-state index contributed by atoms with van der Waals surface area (Å²) in [6.45, 7) is 1.38. The van der Waals surface area contributed by atoms with Gasteiger partial charge in [0, 0.05) is 24.5 Å². The molecule has 1 atom stereocenters. The Kier molecular flexibility index (Phi) is 3.21. The Hall–Kier alpha value is -1.88. The van der Waals surface area contributed by atoms with Crippen molar-refractivity contribution >= 4 is 16.8 Å². The van der Waals surface area contributed by atoms with Crippen LogP contribution in [0.2, 0.25) is 0 Å². The first-order chi connectivity index (χ1) is 9.29. The summed E-state index contributed by atoms with van der Waals surface area (Å²) in [6, 6.07) is 8.05. The Morgan fingerprint density at radius 1 is 1.47 bits per heavy atom. The maximum atomic E-state index is 12.3. The number of nitrogens with one attached hydrogen (secondary N) is 1. The number of para-hydroxylation sites is 1. The van der Waals surface area contributed by atoms with Crippen LogP contribution in [0.3, 0.4) is 0 Å². The fraction of sp³-hybridized carbons (Fsp3) is 0.429. The van der Waals surface area contributed by atoms with Gasteiger partial charge in [-0.1, -0.05) is 18.2 Å². The smallest absolute Gasteiger partial charge is 0.228 e. The maximum Gasteiger partial charge on any atom is 0.228 e. The zero-order chi connectivity index (χ0) is 13.2. The van der Waals surface area contributed by atoms with Gasteiger partial charge in [-0.2, -0.15) is 5.10 Å². The van der Waals surface area contributed by atoms with Gasteiger partial charge in [-0.15, -0.1) is 0 Å². The predicted molar refractivity (Wildman–Crippen MR) is 73.6 cm³/mol. The fourth-order valence-corrected chi connectivity index (χ4v) is 2.81. The van der Waals surface area contributed by atoms with Crippen LogP contribution in [0.4, 0.5) is 0 Å². The van der Waals surface area contributed by atoms with Gasteiger partial charge in [0.25, 0.3) is 0 Å². The van der Waals surface area contributed by atoms with Crippen LogP contribution in [-0.4, -0.2) is 40.1 Å². The number of nitrogens with zero attached hydrogens (tertiary/aromatic N) is 2. The number of hydrogen-bond acceptors (Lipinski definition) is 3. The van der Waals surface area contributed by atoms with E-state index in [0.29, 0.717) is 13.0 Å². The Labute approximate surface area is 111 Å². The molecule has 1 aliphatic heterocycles. The Balaban J connectivity index is 1.79. The molecule has 3 rings (SSSR count). The van der Waals surface area contributed by atoms with Gasteiger partial charge < -0.3 is 10.6 Å². The molecule has 1 amide bonds. The largest absolute Gasteiger partial charge is 0.338 e. The summed E-state index contributed by atoms with van der Waals surface area (Å²) in [5.41, 5.74) is 7.51. The standard InChI is InChI=1S/C14H18N4O/c15-9-10-4-3-7-18(10)14(19)8-13-11-5-1-2-6-12(11)16-17-13/h1-2,5-6,10H,3-4,7-9,15H2,(H,16,17). The van der Waals surface area contributed by atoms with E-state index in [-0.39, 0.29) is 11.9 Å². The van der Waals surface area contributed by atoms with Crippen molar-refractivity contribution in [2.45, 2.75) is 25.3 Å². The van der Waals surface area contributed by atoms with Crippen LogP contribution in [0.25, 0.3) is 10.9 Å². The van der Waals surface area contributed by atoms with Gasteiger partial charge in [-0.3, -0.25) is 9.89 Å². The molecule has 1 aliphatic rings. The first kappa shape index (κ1) is 12.2. The molecule has 1 aromatic heterocycles. The van der Waals surface area contributed by atoms with Crippen LogP contribution in [0.1, 0.15) is 18.5 Å². The summed E-state index contributed by atoms with van der Waals surface area (Å²) in [6.07, 6.45) is 2.44. The molecular weight excluding hydrogens is 240 g/mol. The molecule has 2 heterocycles. The monoisotopic (exact) mass is 258 g/mol. The Morgan fingerprint density at radius 3 is 3.16 bits per heavy atom. The van der Waals surface area contributed by atoms with Gasteiger partial charge in [0.1, 0.15) is 0 Å². The third-order valence-corrected chi connectivity index (χ3v) is 3.84. The number of nitrogens with two attached hydrogens (primary N) is 1. The van der Waals surface area contributed by atoms with Crippen molar-refractivity contribution in [1.29, 1.82) is 0 Å². The van der Waals surface area contributed by atoms with Crippen molar-refractivity contribution in [2.75, 3.05) is 13.1 Å². The number of aromatic amines is 1. The second kappa shape index (κ2) is 5.01. The highest BCUT2D eigenvalue weighted by Crippen LogP contribution is 2.20. The van der Waals surface area contributed by atoms with Crippen LogP contribution in [0.5, 0.6) is 0 Å². The summed E-state index contributed by atoms with van der Waals surface area (Å²) >= 11 is 0. The number of H-pyrrole nitrogens is 1. The van der Waals surface area contributed by atoms with E-state index in [0.717, 1.165) is 36.0 Å². The maximum absolute atomic E-state index is 12.3. The molecule has 0 radical (unpaired) electrons. The molecule has 100 valence electrons. The summed E-state index contributed by atoms with van der Waals surface area (Å²) in [7, 11) is 0. The van der Waals surface area contributed by atoms with E-state index < -0.39 is 0 Å². The van der Waals surface area contributed by atoms with E-state index in [1.807, 2.05) is 29.2 Å². The lowest BCUT2D eigenvalue weighted by Gasteiger charge is -2.23. The minimum absolute atomic E-state index is 0.141. The summed E-state index contributed by atoms with van der Waals surface area (Å²) < 4.78 is 0. The van der Waals surface area contributed by atoms with Gasteiger partial charge in [0.15, 0.2) is 0 Å². The van der Waals surface area contributed by atoms with Crippen LogP contribution in [0.15, 0.2) is 24.3 Å². The molecule has 3 N–H and O–H groups in total. The molecule has 0 saturated carbocycles. The van der Waals surface area contributed by atoms with Crippen molar-refractivity contribution in [3.63, 3.8) is 0 Å². The van der Waals surface area contributed by atoms with Crippen LogP contribution >= 0.6 is 0 Å². The minimum Gasteiger partial charge on any atom is -0.338 e. The Morgan fingerprint density at radius 2 is 2.32 bits per heavy atom. The number of likely N-dealkylation sites (tertiary alicyclic amines) is 1. The fourth-order valence-electron chi connectivity index (χ4n) is 2.81. The summed E-state index contributed by atoms with van der Waals surface area (Å²) in [5.74, 6) is 0.141. The first-order valence-corrected chi connectivity index (χ1v) is 6.71. The lowest BCUT2D eigenvalue weighted by molar-refractivity contribution is -0.131. The van der Waals surface area contributed by atoms with Crippen molar-refractivity contribution in [3.8, 4) is 0 Å². The molecule has 1 unspecified atom stereocenters.